The zero-order chi connectivity index (χ0) is 2.71. The van der Waals surface area contributed by atoms with E-state index in [1.807, 2.05) is 0 Å². The summed E-state index contributed by atoms with van der Waals surface area (Å²) < 4.78 is 17.0. The van der Waals surface area contributed by atoms with Gasteiger partial charge < -0.3 is 16.4 Å². The number of rotatable bonds is 0. The van der Waals surface area contributed by atoms with Gasteiger partial charge in [-0.25, -0.2) is 0 Å². The Morgan fingerprint density at radius 3 is 0.833 bits per heavy atom. The molecule has 0 aliphatic carbocycles. The average Bonchev–Trinajstić information content (AvgIpc) is 0.918. The first kappa shape index (κ1) is 35.0. The van der Waals surface area contributed by atoms with Crippen LogP contribution in [0, 0.1) is 0 Å². The van der Waals surface area contributed by atoms with Crippen molar-refractivity contribution in [3.05, 3.63) is 0 Å². The zero-order valence-electron chi connectivity index (χ0n) is 2.63. The maximum atomic E-state index is 8.49. The van der Waals surface area contributed by atoms with E-state index in [0.717, 1.165) is 0 Å². The second-order valence-electron chi connectivity index (χ2n) is 0.0527. The molecule has 0 unspecified atom stereocenters. The Labute approximate surface area is 42.4 Å². The Morgan fingerprint density at radius 1 is 0.833 bits per heavy atom. The Morgan fingerprint density at radius 2 is 0.833 bits per heavy atom. The second kappa shape index (κ2) is 65.8. The van der Waals surface area contributed by atoms with Crippen LogP contribution in [0.15, 0.2) is 0 Å². The second-order valence-corrected chi connectivity index (χ2v) is 0.431. The van der Waals surface area contributed by atoms with E-state index in [1.165, 1.54) is 0 Å². The molecule has 0 saturated carbocycles. The van der Waals surface area contributed by atoms with Crippen LogP contribution in [0.4, 0.5) is 0 Å². The van der Waals surface area contributed by atoms with Gasteiger partial charge in [0, 0.05) is 0 Å². The van der Waals surface area contributed by atoms with E-state index in [1.54, 1.807) is 0 Å². The Bertz CT molecular complexity index is 24.9. The van der Waals surface area contributed by atoms with E-state index >= 15 is 0 Å². The third-order valence-electron chi connectivity index (χ3n) is 0. The van der Waals surface area contributed by atoms with Gasteiger partial charge >= 0.3 is 25.3 Å². The molecule has 0 aliphatic heterocycles. The summed E-state index contributed by atoms with van der Waals surface area (Å²) in [4.78, 5) is 0. The molecule has 6 N–H and O–H groups in total. The maximum absolute atomic E-state index is 8.49. The Balaban J connectivity index is -0.00000000667. The van der Waals surface area contributed by atoms with Crippen LogP contribution in [0.5, 0.6) is 0 Å². The van der Waals surface area contributed by atoms with Crippen LogP contribution < -0.4 is 0 Å². The molecule has 0 aromatic rings. The fraction of sp³-hybridized carbons (Fsp3) is 0. The van der Waals surface area contributed by atoms with Crippen molar-refractivity contribution in [2.75, 3.05) is 0 Å². The van der Waals surface area contributed by atoms with E-state index in [4.69, 9.17) is 6.80 Å². The van der Waals surface area contributed by atoms with Gasteiger partial charge in [-0.05, 0) is 0 Å². The van der Waals surface area contributed by atoms with Crippen molar-refractivity contribution in [3.8, 4) is 0 Å². The third kappa shape index (κ3) is 1480. The summed E-state index contributed by atoms with van der Waals surface area (Å²) in [7, 11) is 0. The van der Waals surface area contributed by atoms with E-state index < -0.39 is 18.5 Å². The van der Waals surface area contributed by atoms with Crippen molar-refractivity contribution in [1.29, 1.82) is 0 Å². The van der Waals surface area contributed by atoms with Crippen LogP contribution >= 0.6 is 0 Å². The molecular weight excluding hydrogens is 275 g/mol. The van der Waals surface area contributed by atoms with Gasteiger partial charge in [-0.3, -0.25) is 0 Å². The normalized spacial score (nSPS) is 3.33. The standard InChI is InChI=1S/3H2O.2O.Pt/h3*1H2;;;. The molecule has 0 fully saturated rings. The van der Waals surface area contributed by atoms with Gasteiger partial charge in [-0.2, -0.15) is 0 Å². The van der Waals surface area contributed by atoms with Gasteiger partial charge in [-0.15, -0.1) is 0 Å². The van der Waals surface area contributed by atoms with E-state index in [0.29, 0.717) is 0 Å². The van der Waals surface area contributed by atoms with Gasteiger partial charge in [0.05, 0.1) is 0 Å². The zero-order valence-corrected chi connectivity index (χ0v) is 4.90. The fourth-order valence-electron chi connectivity index (χ4n) is 0. The molecular formula is H6O5Pt. The summed E-state index contributed by atoms with van der Waals surface area (Å²) in [5.74, 6) is 0. The van der Waals surface area contributed by atoms with Gasteiger partial charge in [0.25, 0.3) is 0 Å². The van der Waals surface area contributed by atoms with Crippen molar-refractivity contribution in [1.82, 2.24) is 0 Å². The van der Waals surface area contributed by atoms with Crippen molar-refractivity contribution < 1.29 is 41.7 Å². The SMILES string of the molecule is O.O.O.[O]=[Pt]=[O]. The van der Waals surface area contributed by atoms with Crippen molar-refractivity contribution in [2.45, 2.75) is 0 Å². The van der Waals surface area contributed by atoms with Crippen molar-refractivity contribution >= 4 is 0 Å². The topological polar surface area (TPSA) is 129 Å². The summed E-state index contributed by atoms with van der Waals surface area (Å²) in [6.45, 7) is 0. The minimum atomic E-state index is -1.92. The molecule has 0 amide bonds. The summed E-state index contributed by atoms with van der Waals surface area (Å²) in [6, 6.07) is 0. The summed E-state index contributed by atoms with van der Waals surface area (Å²) in [5, 5.41) is 0. The average molecular weight is 281 g/mol. The molecule has 0 rings (SSSR count). The van der Waals surface area contributed by atoms with Crippen LogP contribution in [0.3, 0.4) is 0 Å². The van der Waals surface area contributed by atoms with Gasteiger partial charge in [0.15, 0.2) is 0 Å². The van der Waals surface area contributed by atoms with Crippen LogP contribution in [0.1, 0.15) is 0 Å². The minimum absolute atomic E-state index is 0. The molecule has 0 spiro atoms. The quantitative estimate of drug-likeness (QED) is 0.478. The predicted molar refractivity (Wildman–Crippen MR) is 12.2 cm³/mol. The first-order valence-electron chi connectivity index (χ1n) is 0.258. The summed E-state index contributed by atoms with van der Waals surface area (Å²) in [5.41, 5.74) is 0. The summed E-state index contributed by atoms with van der Waals surface area (Å²) >= 11 is -1.92. The van der Waals surface area contributed by atoms with Crippen LogP contribution in [-0.4, -0.2) is 16.4 Å². The van der Waals surface area contributed by atoms with Crippen LogP contribution in [0.25, 0.3) is 0 Å². The molecule has 0 heterocycles. The third-order valence-corrected chi connectivity index (χ3v) is 0. The van der Waals surface area contributed by atoms with Crippen LogP contribution in [0.2, 0.25) is 0 Å². The van der Waals surface area contributed by atoms with Crippen molar-refractivity contribution in [3.63, 3.8) is 0 Å². The van der Waals surface area contributed by atoms with Gasteiger partial charge in [-0.1, -0.05) is 0 Å². The molecule has 0 radical (unpaired) electrons. The molecule has 0 atom stereocenters. The Hall–Kier alpha value is 0.168. The van der Waals surface area contributed by atoms with Crippen LogP contribution in [-0.2, 0) is 25.3 Å². The first-order valence-corrected chi connectivity index (χ1v) is 2.11. The predicted octanol–water partition coefficient (Wildman–Crippen LogP) is -2.71. The molecule has 6 heteroatoms. The molecule has 46 valence electrons. The first-order chi connectivity index (χ1) is 1.41. The molecule has 0 bridgehead atoms. The number of hydrogen-bond donors (Lipinski definition) is 0. The van der Waals surface area contributed by atoms with E-state index in [9.17, 15) is 0 Å². The fourth-order valence-corrected chi connectivity index (χ4v) is 0. The molecule has 6 heavy (non-hydrogen) atoms. The molecule has 0 aromatic carbocycles. The Kier molecular flexibility index (Phi) is 384. The van der Waals surface area contributed by atoms with Crippen molar-refractivity contribution in [2.24, 2.45) is 0 Å². The van der Waals surface area contributed by atoms with E-state index in [-0.39, 0.29) is 16.4 Å². The monoisotopic (exact) mass is 281 g/mol. The molecule has 0 aliphatic rings. The molecule has 0 saturated heterocycles. The molecule has 5 nitrogen and oxygen atoms in total. The molecule has 0 aromatic heterocycles. The number of hydrogen-bond acceptors (Lipinski definition) is 2. The van der Waals surface area contributed by atoms with E-state index in [2.05, 4.69) is 0 Å². The summed E-state index contributed by atoms with van der Waals surface area (Å²) in [6.07, 6.45) is 0. The van der Waals surface area contributed by atoms with Gasteiger partial charge in [0.1, 0.15) is 0 Å². The van der Waals surface area contributed by atoms with Gasteiger partial charge in [0.2, 0.25) is 0 Å².